The van der Waals surface area contributed by atoms with Gasteiger partial charge in [-0.15, -0.1) is 0 Å². The highest BCUT2D eigenvalue weighted by atomic mass is 16.6. The zero-order valence-corrected chi connectivity index (χ0v) is 8.70. The Bertz CT molecular complexity index is 533. The lowest BCUT2D eigenvalue weighted by molar-refractivity contribution is -0.384. The van der Waals surface area contributed by atoms with Gasteiger partial charge in [-0.3, -0.25) is 14.8 Å². The minimum absolute atomic E-state index is 0.0276. The third-order valence-corrected chi connectivity index (χ3v) is 2.28. The molecule has 0 saturated carbocycles. The fourth-order valence-corrected chi connectivity index (χ4v) is 1.57. The smallest absolute Gasteiger partial charge is 0.271 e. The van der Waals surface area contributed by atoms with E-state index in [2.05, 4.69) is 5.10 Å². The van der Waals surface area contributed by atoms with Crippen molar-refractivity contribution in [3.63, 3.8) is 0 Å². The fraction of sp³-hybridized carbons (Fsp3) is 0.300. The molecule has 84 valence electrons. The number of hydrogen-bond acceptors (Lipinski definition) is 4. The third-order valence-electron chi connectivity index (χ3n) is 2.28. The van der Waals surface area contributed by atoms with Crippen molar-refractivity contribution < 1.29 is 10.0 Å². The van der Waals surface area contributed by atoms with E-state index in [0.29, 0.717) is 12.1 Å². The first-order valence-corrected chi connectivity index (χ1v) is 4.86. The molecule has 0 aliphatic carbocycles. The van der Waals surface area contributed by atoms with Gasteiger partial charge in [0, 0.05) is 17.5 Å². The van der Waals surface area contributed by atoms with Gasteiger partial charge in [0.1, 0.15) is 0 Å². The highest BCUT2D eigenvalue weighted by Crippen LogP contribution is 2.20. The van der Waals surface area contributed by atoms with Crippen LogP contribution in [0.2, 0.25) is 0 Å². The molecule has 6 nitrogen and oxygen atoms in total. The summed E-state index contributed by atoms with van der Waals surface area (Å²) in [5.41, 5.74) is 0.690. The predicted molar refractivity (Wildman–Crippen MR) is 58.1 cm³/mol. The molecule has 1 aromatic heterocycles. The third kappa shape index (κ3) is 1.87. The predicted octanol–water partition coefficient (Wildman–Crippen LogP) is 1.33. The minimum atomic E-state index is -0.539. The number of aliphatic hydroxyl groups is 1. The summed E-state index contributed by atoms with van der Waals surface area (Å²) in [6, 6.07) is 4.56. The summed E-state index contributed by atoms with van der Waals surface area (Å²) in [6.07, 6.45) is 1.09. The highest BCUT2D eigenvalue weighted by Gasteiger charge is 2.10. The number of non-ortho nitro benzene ring substituents is 1. The molecule has 0 aliphatic rings. The van der Waals surface area contributed by atoms with Crippen LogP contribution in [-0.4, -0.2) is 25.9 Å². The Kier molecular flexibility index (Phi) is 2.57. The molecule has 0 bridgehead atoms. The Labute approximate surface area is 91.3 Å². The Morgan fingerprint density at radius 1 is 1.62 bits per heavy atom. The molecule has 0 unspecified atom stereocenters. The summed E-state index contributed by atoms with van der Waals surface area (Å²) in [5, 5.41) is 24.8. The molecule has 1 heterocycles. The number of aromatic nitrogens is 2. The molecular formula is C10H11N3O3. The first-order valence-electron chi connectivity index (χ1n) is 4.86. The van der Waals surface area contributed by atoms with E-state index in [1.54, 1.807) is 23.9 Å². The molecule has 0 saturated heterocycles. The van der Waals surface area contributed by atoms with E-state index in [1.165, 1.54) is 12.1 Å². The number of nitro groups is 1. The van der Waals surface area contributed by atoms with Crippen LogP contribution in [0.4, 0.5) is 5.69 Å². The molecule has 0 aliphatic heterocycles. The number of nitrogens with zero attached hydrogens (tertiary/aromatic N) is 3. The van der Waals surface area contributed by atoms with Gasteiger partial charge in [0.15, 0.2) is 0 Å². The zero-order valence-electron chi connectivity index (χ0n) is 8.70. The van der Waals surface area contributed by atoms with E-state index in [9.17, 15) is 15.2 Å². The van der Waals surface area contributed by atoms with Crippen LogP contribution in [0.5, 0.6) is 0 Å². The maximum Gasteiger partial charge on any atom is 0.271 e. The van der Waals surface area contributed by atoms with E-state index in [1.807, 2.05) is 0 Å². The van der Waals surface area contributed by atoms with Crippen LogP contribution in [0.3, 0.4) is 0 Å². The van der Waals surface area contributed by atoms with Crippen molar-refractivity contribution in [3.8, 4) is 0 Å². The van der Waals surface area contributed by atoms with Gasteiger partial charge < -0.3 is 5.11 Å². The van der Waals surface area contributed by atoms with Crippen LogP contribution in [0.25, 0.3) is 10.9 Å². The summed E-state index contributed by atoms with van der Waals surface area (Å²) in [7, 11) is 0. The molecule has 6 heteroatoms. The largest absolute Gasteiger partial charge is 0.391 e. The molecule has 0 spiro atoms. The van der Waals surface area contributed by atoms with E-state index in [4.69, 9.17) is 0 Å². The fourth-order valence-electron chi connectivity index (χ4n) is 1.57. The van der Waals surface area contributed by atoms with Gasteiger partial charge in [-0.2, -0.15) is 5.10 Å². The normalized spacial score (nSPS) is 12.9. The Morgan fingerprint density at radius 3 is 3.00 bits per heavy atom. The van der Waals surface area contributed by atoms with Crippen LogP contribution in [0.15, 0.2) is 24.4 Å². The van der Waals surface area contributed by atoms with Crippen molar-refractivity contribution in [2.75, 3.05) is 0 Å². The molecular weight excluding hydrogens is 210 g/mol. The summed E-state index contributed by atoms with van der Waals surface area (Å²) < 4.78 is 1.56. The standard InChI is InChI=1S/C10H11N3O3/c1-7(14)6-12-10-4-9(13(15)16)3-2-8(10)5-11-12/h2-5,7,14H,6H2,1H3/t7-/m1/s1. The second kappa shape index (κ2) is 3.90. The molecule has 0 radical (unpaired) electrons. The Morgan fingerprint density at radius 2 is 2.38 bits per heavy atom. The molecule has 16 heavy (non-hydrogen) atoms. The minimum Gasteiger partial charge on any atom is -0.391 e. The number of aliphatic hydroxyl groups excluding tert-OH is 1. The first-order chi connectivity index (χ1) is 7.58. The maximum atomic E-state index is 10.6. The van der Waals surface area contributed by atoms with Crippen LogP contribution in [-0.2, 0) is 6.54 Å². The lowest BCUT2D eigenvalue weighted by Crippen LogP contribution is -2.12. The van der Waals surface area contributed by atoms with Crippen LogP contribution in [0.1, 0.15) is 6.92 Å². The number of rotatable bonds is 3. The topological polar surface area (TPSA) is 81.2 Å². The van der Waals surface area contributed by atoms with Gasteiger partial charge >= 0.3 is 0 Å². The van der Waals surface area contributed by atoms with E-state index in [0.717, 1.165) is 5.39 Å². The van der Waals surface area contributed by atoms with Crippen LogP contribution < -0.4 is 0 Å². The van der Waals surface area contributed by atoms with Gasteiger partial charge in [-0.25, -0.2) is 0 Å². The number of hydrogen-bond donors (Lipinski definition) is 1. The summed E-state index contributed by atoms with van der Waals surface area (Å²) in [4.78, 5) is 10.2. The Hall–Kier alpha value is -1.95. The lowest BCUT2D eigenvalue weighted by atomic mass is 10.2. The second-order valence-electron chi connectivity index (χ2n) is 3.68. The van der Waals surface area contributed by atoms with Crippen LogP contribution in [0, 0.1) is 10.1 Å². The number of fused-ring (bicyclic) bond motifs is 1. The van der Waals surface area contributed by atoms with E-state index < -0.39 is 11.0 Å². The Balaban J connectivity index is 2.51. The quantitative estimate of drug-likeness (QED) is 0.626. The SMILES string of the molecule is C[C@@H](O)Cn1ncc2ccc([N+](=O)[O-])cc21. The summed E-state index contributed by atoms with van der Waals surface area (Å²) in [5.74, 6) is 0. The van der Waals surface area contributed by atoms with Gasteiger partial charge in [0.2, 0.25) is 0 Å². The monoisotopic (exact) mass is 221 g/mol. The lowest BCUT2D eigenvalue weighted by Gasteiger charge is -2.05. The highest BCUT2D eigenvalue weighted by molar-refractivity contribution is 5.80. The molecule has 0 fully saturated rings. The molecule has 2 rings (SSSR count). The number of nitro benzene ring substituents is 1. The zero-order chi connectivity index (χ0) is 11.7. The van der Waals surface area contributed by atoms with Crippen molar-refractivity contribution in [2.24, 2.45) is 0 Å². The molecule has 0 amide bonds. The van der Waals surface area contributed by atoms with Crippen molar-refractivity contribution in [1.29, 1.82) is 0 Å². The second-order valence-corrected chi connectivity index (χ2v) is 3.68. The summed E-state index contributed by atoms with van der Waals surface area (Å²) >= 11 is 0. The molecule has 2 aromatic rings. The average molecular weight is 221 g/mol. The van der Waals surface area contributed by atoms with E-state index >= 15 is 0 Å². The van der Waals surface area contributed by atoms with E-state index in [-0.39, 0.29) is 5.69 Å². The van der Waals surface area contributed by atoms with Crippen molar-refractivity contribution >= 4 is 16.6 Å². The molecule has 1 atom stereocenters. The van der Waals surface area contributed by atoms with Gasteiger partial charge in [0.25, 0.3) is 5.69 Å². The first kappa shape index (κ1) is 10.6. The van der Waals surface area contributed by atoms with Gasteiger partial charge in [0.05, 0.1) is 29.3 Å². The van der Waals surface area contributed by atoms with Crippen molar-refractivity contribution in [2.45, 2.75) is 19.6 Å². The number of benzene rings is 1. The van der Waals surface area contributed by atoms with Crippen LogP contribution >= 0.6 is 0 Å². The van der Waals surface area contributed by atoms with Crippen molar-refractivity contribution in [3.05, 3.63) is 34.5 Å². The van der Waals surface area contributed by atoms with Crippen molar-refractivity contribution in [1.82, 2.24) is 9.78 Å². The molecule has 1 aromatic carbocycles. The molecule has 1 N–H and O–H groups in total. The maximum absolute atomic E-state index is 10.6. The average Bonchev–Trinajstić information content (AvgIpc) is 2.60. The summed E-state index contributed by atoms with van der Waals surface area (Å²) in [6.45, 7) is 1.97. The van der Waals surface area contributed by atoms with Gasteiger partial charge in [-0.1, -0.05) is 0 Å². The van der Waals surface area contributed by atoms with Gasteiger partial charge in [-0.05, 0) is 13.0 Å².